The minimum absolute atomic E-state index is 0.0629. The van der Waals surface area contributed by atoms with Gasteiger partial charge in [0.15, 0.2) is 15.3 Å². The first kappa shape index (κ1) is 39.4. The zero-order valence-electron chi connectivity index (χ0n) is 31.6. The largest absolute Gasteiger partial charge is 0.293 e. The van der Waals surface area contributed by atoms with Crippen LogP contribution < -0.4 is 30.5 Å². The molecule has 3 saturated heterocycles. The number of thiocarbonyl (C=S) groups is 3. The molecule has 4 aromatic rings. The van der Waals surface area contributed by atoms with E-state index in [1.54, 1.807) is 48.5 Å². The molecular formula is C43H42N8O4S3. The van der Waals surface area contributed by atoms with Crippen molar-refractivity contribution in [1.29, 1.82) is 0 Å². The maximum atomic E-state index is 14.7. The number of hydrazine groups is 2. The van der Waals surface area contributed by atoms with Crippen molar-refractivity contribution in [2.75, 3.05) is 32.7 Å². The van der Waals surface area contributed by atoms with Gasteiger partial charge in [0.1, 0.15) is 17.5 Å². The van der Waals surface area contributed by atoms with Crippen LogP contribution in [0.3, 0.4) is 0 Å². The molecular weight excluding hydrogens is 789 g/mol. The summed E-state index contributed by atoms with van der Waals surface area (Å²) in [6.45, 7) is -0.150. The van der Waals surface area contributed by atoms with E-state index >= 15 is 0 Å². The lowest BCUT2D eigenvalue weighted by Gasteiger charge is -2.57. The molecule has 3 aliphatic heterocycles. The number of rotatable bonds is 8. The third kappa shape index (κ3) is 7.28. The van der Waals surface area contributed by atoms with Crippen molar-refractivity contribution in [2.45, 2.75) is 50.6 Å². The fourth-order valence-corrected chi connectivity index (χ4v) is 9.42. The number of carbonyl (C=O) groups excluding carboxylic acids is 4. The third-order valence-corrected chi connectivity index (χ3v) is 12.2. The summed E-state index contributed by atoms with van der Waals surface area (Å²) in [5, 5.41) is 4.11. The van der Waals surface area contributed by atoms with Crippen molar-refractivity contribution in [1.82, 2.24) is 20.9 Å². The van der Waals surface area contributed by atoms with E-state index in [0.29, 0.717) is 35.6 Å². The second-order valence-corrected chi connectivity index (χ2v) is 15.9. The Labute approximate surface area is 353 Å². The summed E-state index contributed by atoms with van der Waals surface area (Å²) in [5.41, 5.74) is 7.89. The van der Waals surface area contributed by atoms with E-state index in [0.717, 1.165) is 32.1 Å². The normalized spacial score (nSPS) is 20.3. The zero-order chi connectivity index (χ0) is 40.4. The van der Waals surface area contributed by atoms with Crippen LogP contribution in [0.4, 0.5) is 22.7 Å². The van der Waals surface area contributed by atoms with Gasteiger partial charge >= 0.3 is 0 Å². The molecule has 2 N–H and O–H groups in total. The van der Waals surface area contributed by atoms with Gasteiger partial charge in [-0.15, -0.1) is 0 Å². The van der Waals surface area contributed by atoms with Crippen LogP contribution in [-0.4, -0.2) is 67.7 Å². The number of nitrogens with zero attached hydrogens (tertiary/aromatic N) is 6. The van der Waals surface area contributed by atoms with Crippen LogP contribution in [0, 0.1) is 11.8 Å². The summed E-state index contributed by atoms with van der Waals surface area (Å²) in [5.74, 6) is -4.26. The molecule has 1 spiro atoms. The van der Waals surface area contributed by atoms with Crippen LogP contribution in [0.15, 0.2) is 121 Å². The first-order valence-electron chi connectivity index (χ1n) is 19.5. The maximum absolute atomic E-state index is 14.7. The predicted octanol–water partition coefficient (Wildman–Crippen LogP) is 6.30. The number of nitrogens with one attached hydrogen (secondary N) is 2. The second kappa shape index (κ2) is 16.8. The lowest BCUT2D eigenvalue weighted by Crippen LogP contribution is -2.78. The monoisotopic (exact) mass is 830 g/mol. The van der Waals surface area contributed by atoms with Gasteiger partial charge in [-0.1, -0.05) is 105 Å². The van der Waals surface area contributed by atoms with Crippen molar-refractivity contribution in [3.8, 4) is 0 Å². The maximum Gasteiger partial charge on any atom is 0.247 e. The highest BCUT2D eigenvalue weighted by molar-refractivity contribution is 7.81. The van der Waals surface area contributed by atoms with E-state index < -0.39 is 41.1 Å². The van der Waals surface area contributed by atoms with E-state index in [9.17, 15) is 19.2 Å². The summed E-state index contributed by atoms with van der Waals surface area (Å²) < 4.78 is 0. The standard InChI is InChI=1S/C43H42N8O4S3/c52-36-34(37(53)49(31-20-10-5-11-21-31)41(57)48(36)30-18-8-4-9-19-30)28-46-43(26-16-2-1-3-17-27-43)47(45-40(56)44-46)29-35-38(54)50(32-22-12-6-13-23-32)42(58)51(39(35)55)33-24-14-7-15-25-33/h4-15,18-25,34-35H,1-3,16-17,26-29H2,(H2,44,45,56). The summed E-state index contributed by atoms with van der Waals surface area (Å²) in [6.07, 6.45) is 5.81. The highest BCUT2D eigenvalue weighted by atomic mass is 32.1. The minimum Gasteiger partial charge on any atom is -0.293 e. The second-order valence-electron chi connectivity index (χ2n) is 14.7. The van der Waals surface area contributed by atoms with Crippen LogP contribution in [0.25, 0.3) is 0 Å². The third-order valence-electron chi connectivity index (χ3n) is 11.3. The highest BCUT2D eigenvalue weighted by Crippen LogP contribution is 2.39. The number of carbonyl (C=O) groups is 4. The number of benzene rings is 4. The predicted molar refractivity (Wildman–Crippen MR) is 235 cm³/mol. The van der Waals surface area contributed by atoms with E-state index in [2.05, 4.69) is 10.9 Å². The molecule has 1 aliphatic carbocycles. The van der Waals surface area contributed by atoms with Gasteiger partial charge in [0.05, 0.1) is 22.7 Å². The number of para-hydroxylation sites is 4. The molecule has 4 fully saturated rings. The van der Waals surface area contributed by atoms with Crippen molar-refractivity contribution < 1.29 is 19.2 Å². The van der Waals surface area contributed by atoms with Gasteiger partial charge in [-0.3, -0.25) is 49.6 Å². The molecule has 296 valence electrons. The van der Waals surface area contributed by atoms with Gasteiger partial charge in [-0.05, 0) is 98.0 Å². The van der Waals surface area contributed by atoms with Crippen LogP contribution in [0.1, 0.15) is 44.9 Å². The molecule has 4 amide bonds. The van der Waals surface area contributed by atoms with Gasteiger partial charge in [-0.2, -0.15) is 10.0 Å². The van der Waals surface area contributed by atoms with Gasteiger partial charge < -0.3 is 0 Å². The van der Waals surface area contributed by atoms with E-state index in [-0.39, 0.29) is 28.4 Å². The minimum atomic E-state index is -1.21. The molecule has 4 aliphatic rings. The summed E-state index contributed by atoms with van der Waals surface area (Å²) >= 11 is 17.6. The van der Waals surface area contributed by atoms with Crippen molar-refractivity contribution in [3.63, 3.8) is 0 Å². The Morgan fingerprint density at radius 3 is 1.02 bits per heavy atom. The van der Waals surface area contributed by atoms with Crippen molar-refractivity contribution in [3.05, 3.63) is 121 Å². The number of amides is 4. The van der Waals surface area contributed by atoms with Gasteiger partial charge in [0.25, 0.3) is 0 Å². The molecule has 15 heteroatoms. The fourth-order valence-electron chi connectivity index (χ4n) is 8.41. The number of anilines is 4. The Bertz CT molecular complexity index is 1960. The summed E-state index contributed by atoms with van der Waals surface area (Å²) in [7, 11) is 0. The zero-order valence-corrected chi connectivity index (χ0v) is 34.1. The van der Waals surface area contributed by atoms with Crippen molar-refractivity contribution >= 4 is 98.4 Å². The molecule has 0 radical (unpaired) electrons. The first-order valence-corrected chi connectivity index (χ1v) is 20.7. The van der Waals surface area contributed by atoms with Crippen LogP contribution in [-0.2, 0) is 19.2 Å². The molecule has 0 unspecified atom stereocenters. The van der Waals surface area contributed by atoms with E-state index in [1.807, 2.05) is 82.8 Å². The molecule has 8 rings (SSSR count). The average Bonchev–Trinajstić information content (AvgIpc) is 3.22. The number of hydrogen-bond donors (Lipinski definition) is 2. The molecule has 3 heterocycles. The lowest BCUT2D eigenvalue weighted by atomic mass is 9.87. The Morgan fingerprint density at radius 1 is 0.448 bits per heavy atom. The Kier molecular flexibility index (Phi) is 11.4. The average molecular weight is 831 g/mol. The molecule has 0 aromatic heterocycles. The molecule has 0 atom stereocenters. The van der Waals surface area contributed by atoms with Crippen LogP contribution in [0.5, 0.6) is 0 Å². The van der Waals surface area contributed by atoms with Crippen LogP contribution in [0.2, 0.25) is 0 Å². The molecule has 1 saturated carbocycles. The summed E-state index contributed by atoms with van der Waals surface area (Å²) in [4.78, 5) is 64.5. The lowest BCUT2D eigenvalue weighted by molar-refractivity contribution is -0.155. The topological polar surface area (TPSA) is 112 Å². The van der Waals surface area contributed by atoms with Crippen molar-refractivity contribution in [2.24, 2.45) is 11.8 Å². The Morgan fingerprint density at radius 2 is 0.724 bits per heavy atom. The first-order chi connectivity index (χ1) is 28.2. The van der Waals surface area contributed by atoms with Gasteiger partial charge in [0.2, 0.25) is 23.6 Å². The Balaban J connectivity index is 1.18. The molecule has 58 heavy (non-hydrogen) atoms. The van der Waals surface area contributed by atoms with Crippen LogP contribution >= 0.6 is 36.7 Å². The molecule has 12 nitrogen and oxygen atoms in total. The molecule has 0 bridgehead atoms. The van der Waals surface area contributed by atoms with E-state index in [4.69, 9.17) is 36.7 Å². The van der Waals surface area contributed by atoms with Gasteiger partial charge in [-0.25, -0.2) is 0 Å². The number of hydrogen-bond acceptors (Lipinski definition) is 9. The SMILES string of the molecule is O=C1C(CN2NC(=S)NN(CC3C(=O)N(c4ccccc4)C(=S)N(c4ccccc4)C3=O)C23CCCCCCC3)C(=O)N(c2ccccc2)C(=S)N1c1ccccc1. The molecule has 4 aromatic carbocycles. The smallest absolute Gasteiger partial charge is 0.247 e. The highest BCUT2D eigenvalue weighted by Gasteiger charge is 2.54. The summed E-state index contributed by atoms with van der Waals surface area (Å²) in [6, 6.07) is 36.3. The Hall–Kier alpha value is -5.45. The fraction of sp³-hybridized carbons (Fsp3) is 0.279. The quantitative estimate of drug-likeness (QED) is 0.154. The van der Waals surface area contributed by atoms with Gasteiger partial charge in [0, 0.05) is 13.1 Å². The van der Waals surface area contributed by atoms with E-state index in [1.165, 1.54) is 19.6 Å².